The summed E-state index contributed by atoms with van der Waals surface area (Å²) in [5.74, 6) is -1.05. The van der Waals surface area contributed by atoms with E-state index in [0.717, 1.165) is 0 Å². The minimum atomic E-state index is -1.12. The molecule has 0 fully saturated rings. The van der Waals surface area contributed by atoms with Crippen LogP contribution in [0.15, 0.2) is 42.5 Å². The van der Waals surface area contributed by atoms with Gasteiger partial charge in [-0.3, -0.25) is 4.79 Å². The number of ether oxygens (including phenoxy) is 1. The molecule has 1 amide bonds. The molecular weight excluding hydrogens is 246 g/mol. The quantitative estimate of drug-likeness (QED) is 0.630. The number of carboxylic acid groups (broad SMARTS) is 1. The molecule has 0 aliphatic heterocycles. The molecule has 1 aromatic carbocycles. The van der Waals surface area contributed by atoms with Crippen LogP contribution in [-0.4, -0.2) is 24.1 Å². The molecule has 1 aromatic rings. The van der Waals surface area contributed by atoms with Gasteiger partial charge in [0.05, 0.1) is 18.4 Å². The summed E-state index contributed by atoms with van der Waals surface area (Å²) in [4.78, 5) is 22.6. The molecule has 2 N–H and O–H groups in total. The Morgan fingerprint density at radius 2 is 2.05 bits per heavy atom. The number of hydrogen-bond acceptors (Lipinski definition) is 3. The topological polar surface area (TPSA) is 75.6 Å². The van der Waals surface area contributed by atoms with Gasteiger partial charge < -0.3 is 15.2 Å². The lowest BCUT2D eigenvalue weighted by Crippen LogP contribution is -2.12. The average molecular weight is 261 g/mol. The highest BCUT2D eigenvalue weighted by Crippen LogP contribution is 2.22. The molecule has 0 heterocycles. The number of hydrogen-bond donors (Lipinski definition) is 2. The number of amides is 1. The van der Waals surface area contributed by atoms with Gasteiger partial charge in [0.25, 0.3) is 0 Å². The first-order chi connectivity index (χ1) is 9.08. The molecule has 0 aliphatic carbocycles. The van der Waals surface area contributed by atoms with Crippen molar-refractivity contribution in [2.75, 3.05) is 12.4 Å². The highest BCUT2D eigenvalue weighted by Gasteiger charge is 2.12. The number of benzene rings is 1. The van der Waals surface area contributed by atoms with E-state index in [2.05, 4.69) is 5.32 Å². The van der Waals surface area contributed by atoms with Gasteiger partial charge in [0.15, 0.2) is 0 Å². The van der Waals surface area contributed by atoms with Crippen molar-refractivity contribution in [1.82, 2.24) is 0 Å². The van der Waals surface area contributed by atoms with Crippen molar-refractivity contribution in [3.63, 3.8) is 0 Å². The fraction of sp³-hybridized carbons (Fsp3) is 0.143. The minimum Gasteiger partial charge on any atom is -0.497 e. The van der Waals surface area contributed by atoms with E-state index < -0.39 is 11.9 Å². The second kappa shape index (κ2) is 7.00. The lowest BCUT2D eigenvalue weighted by molar-refractivity contribution is -0.111. The molecule has 0 spiro atoms. The lowest BCUT2D eigenvalue weighted by atomic mass is 10.1. The number of allylic oxidation sites excluding steroid dienone is 3. The Hall–Kier alpha value is -2.56. The zero-order valence-corrected chi connectivity index (χ0v) is 10.7. The fourth-order valence-corrected chi connectivity index (χ4v) is 1.37. The predicted molar refractivity (Wildman–Crippen MR) is 72.5 cm³/mol. The third-order valence-corrected chi connectivity index (χ3v) is 2.27. The molecule has 0 aliphatic rings. The van der Waals surface area contributed by atoms with Crippen molar-refractivity contribution >= 4 is 17.6 Å². The number of anilines is 1. The van der Waals surface area contributed by atoms with Crippen LogP contribution in [0.1, 0.15) is 17.3 Å². The number of carbonyl (C=O) groups excluding carboxylic acids is 1. The van der Waals surface area contributed by atoms with Gasteiger partial charge in [0.2, 0.25) is 5.91 Å². The molecule has 0 saturated heterocycles. The summed E-state index contributed by atoms with van der Waals surface area (Å²) in [5.41, 5.74) is 0.204. The Balaban J connectivity index is 2.97. The summed E-state index contributed by atoms with van der Waals surface area (Å²) >= 11 is 0. The van der Waals surface area contributed by atoms with Gasteiger partial charge in [-0.05, 0) is 19.1 Å². The van der Waals surface area contributed by atoms with E-state index in [0.29, 0.717) is 5.75 Å². The molecule has 0 radical (unpaired) electrons. The van der Waals surface area contributed by atoms with Crippen molar-refractivity contribution in [2.24, 2.45) is 0 Å². The molecule has 0 aromatic heterocycles. The Morgan fingerprint density at radius 1 is 1.32 bits per heavy atom. The first-order valence-electron chi connectivity index (χ1n) is 5.60. The number of carboxylic acids is 1. The molecule has 0 atom stereocenters. The molecule has 0 unspecified atom stereocenters. The zero-order chi connectivity index (χ0) is 14.3. The van der Waals surface area contributed by atoms with E-state index in [1.165, 1.54) is 31.4 Å². The monoisotopic (exact) mass is 261 g/mol. The molecule has 5 nitrogen and oxygen atoms in total. The molecule has 0 saturated carbocycles. The summed E-state index contributed by atoms with van der Waals surface area (Å²) in [6.07, 6.45) is 6.35. The van der Waals surface area contributed by atoms with Crippen LogP contribution < -0.4 is 10.1 Å². The summed E-state index contributed by atoms with van der Waals surface area (Å²) in [7, 11) is 1.47. The molecule has 5 heteroatoms. The van der Waals surface area contributed by atoms with Crippen molar-refractivity contribution in [1.29, 1.82) is 0 Å². The number of methoxy groups -OCH3 is 1. The molecule has 19 heavy (non-hydrogen) atoms. The SMILES string of the molecule is C/C=C/C=C/C(=O)Nc1cc(OC)ccc1C(=O)O. The minimum absolute atomic E-state index is 0.00795. The standard InChI is InChI=1S/C14H15NO4/c1-3-4-5-6-13(16)15-12-9-10(19-2)7-8-11(12)14(17)18/h3-9H,1-2H3,(H,15,16)(H,17,18)/b4-3+,6-5+. The summed E-state index contributed by atoms with van der Waals surface area (Å²) in [6.45, 7) is 1.83. The van der Waals surface area contributed by atoms with Crippen molar-refractivity contribution < 1.29 is 19.4 Å². The van der Waals surface area contributed by atoms with Crippen LogP contribution in [0.2, 0.25) is 0 Å². The van der Waals surface area contributed by atoms with E-state index in [9.17, 15) is 9.59 Å². The van der Waals surface area contributed by atoms with Gasteiger partial charge in [-0.1, -0.05) is 18.2 Å². The largest absolute Gasteiger partial charge is 0.497 e. The molecule has 0 bridgehead atoms. The van der Waals surface area contributed by atoms with Crippen LogP contribution in [0.25, 0.3) is 0 Å². The molecular formula is C14H15NO4. The fourth-order valence-electron chi connectivity index (χ4n) is 1.37. The second-order valence-corrected chi connectivity index (χ2v) is 3.59. The van der Waals surface area contributed by atoms with Gasteiger partial charge in [0.1, 0.15) is 5.75 Å². The third-order valence-electron chi connectivity index (χ3n) is 2.27. The van der Waals surface area contributed by atoms with Gasteiger partial charge >= 0.3 is 5.97 Å². The number of rotatable bonds is 5. The maximum atomic E-state index is 11.6. The number of carbonyl (C=O) groups is 2. The van der Waals surface area contributed by atoms with Crippen molar-refractivity contribution in [3.05, 3.63) is 48.1 Å². The second-order valence-electron chi connectivity index (χ2n) is 3.59. The van der Waals surface area contributed by atoms with Crippen molar-refractivity contribution in [2.45, 2.75) is 6.92 Å². The van der Waals surface area contributed by atoms with E-state index in [1.807, 2.05) is 6.92 Å². The van der Waals surface area contributed by atoms with E-state index in [1.54, 1.807) is 18.2 Å². The van der Waals surface area contributed by atoms with Crippen LogP contribution in [0.4, 0.5) is 5.69 Å². The van der Waals surface area contributed by atoms with Crippen LogP contribution in [-0.2, 0) is 4.79 Å². The first kappa shape index (κ1) is 14.5. The van der Waals surface area contributed by atoms with Gasteiger partial charge in [-0.25, -0.2) is 4.79 Å². The molecule has 100 valence electrons. The maximum absolute atomic E-state index is 11.6. The van der Waals surface area contributed by atoms with Gasteiger partial charge in [-0.15, -0.1) is 0 Å². The summed E-state index contributed by atoms with van der Waals surface area (Å²) in [6, 6.07) is 4.37. The summed E-state index contributed by atoms with van der Waals surface area (Å²) < 4.78 is 5.00. The van der Waals surface area contributed by atoms with E-state index in [4.69, 9.17) is 9.84 Å². The number of aromatic carboxylic acids is 1. The van der Waals surface area contributed by atoms with Crippen LogP contribution in [0.5, 0.6) is 5.75 Å². The van der Waals surface area contributed by atoms with E-state index >= 15 is 0 Å². The Morgan fingerprint density at radius 3 is 2.63 bits per heavy atom. The Kier molecular flexibility index (Phi) is 5.35. The van der Waals surface area contributed by atoms with Gasteiger partial charge in [0, 0.05) is 12.1 Å². The third kappa shape index (κ3) is 4.31. The average Bonchev–Trinajstić information content (AvgIpc) is 2.38. The van der Waals surface area contributed by atoms with Crippen molar-refractivity contribution in [3.8, 4) is 5.75 Å². The summed E-state index contributed by atoms with van der Waals surface area (Å²) in [5, 5.41) is 11.5. The Labute approximate surface area is 111 Å². The highest BCUT2D eigenvalue weighted by atomic mass is 16.5. The number of nitrogens with one attached hydrogen (secondary N) is 1. The van der Waals surface area contributed by atoms with E-state index in [-0.39, 0.29) is 11.3 Å². The normalized spacial score (nSPS) is 10.8. The maximum Gasteiger partial charge on any atom is 0.337 e. The predicted octanol–water partition coefficient (Wildman–Crippen LogP) is 2.46. The highest BCUT2D eigenvalue weighted by molar-refractivity contribution is 6.04. The van der Waals surface area contributed by atoms with Crippen LogP contribution in [0, 0.1) is 0 Å². The Bertz CT molecular complexity index is 532. The smallest absolute Gasteiger partial charge is 0.337 e. The van der Waals surface area contributed by atoms with Gasteiger partial charge in [-0.2, -0.15) is 0 Å². The lowest BCUT2D eigenvalue weighted by Gasteiger charge is -2.08. The van der Waals surface area contributed by atoms with Crippen LogP contribution in [0.3, 0.4) is 0 Å². The van der Waals surface area contributed by atoms with Crippen LogP contribution >= 0.6 is 0 Å². The zero-order valence-electron chi connectivity index (χ0n) is 10.7. The first-order valence-corrected chi connectivity index (χ1v) is 5.60. The molecule has 1 rings (SSSR count).